The van der Waals surface area contributed by atoms with Gasteiger partial charge in [-0.1, -0.05) is 11.8 Å². The van der Waals surface area contributed by atoms with Gasteiger partial charge in [-0.2, -0.15) is 0 Å². The lowest BCUT2D eigenvalue weighted by Gasteiger charge is -2.15. The average Bonchev–Trinajstić information content (AvgIpc) is 2.84. The first-order valence-corrected chi connectivity index (χ1v) is 5.89. The minimum Gasteiger partial charge on any atom is -0.468 e. The van der Waals surface area contributed by atoms with Crippen LogP contribution in [0, 0.1) is 6.92 Å². The summed E-state index contributed by atoms with van der Waals surface area (Å²) in [6, 6.07) is 3.74. The van der Waals surface area contributed by atoms with Gasteiger partial charge >= 0.3 is 0 Å². The van der Waals surface area contributed by atoms with Crippen LogP contribution in [0.4, 0.5) is 0 Å². The summed E-state index contributed by atoms with van der Waals surface area (Å²) in [6.07, 6.45) is 1.65. The third-order valence-corrected chi connectivity index (χ3v) is 3.42. The maximum Gasteiger partial charge on any atom is 0.209 e. The van der Waals surface area contributed by atoms with Crippen molar-refractivity contribution in [3.8, 4) is 0 Å². The molecule has 0 spiro atoms. The second-order valence-corrected chi connectivity index (χ2v) is 4.73. The van der Waals surface area contributed by atoms with Gasteiger partial charge in [0.1, 0.15) is 11.6 Å². The van der Waals surface area contributed by atoms with Gasteiger partial charge in [-0.25, -0.2) is 4.98 Å². The summed E-state index contributed by atoms with van der Waals surface area (Å²) in [6.45, 7) is 3.81. The quantitative estimate of drug-likeness (QED) is 0.795. The van der Waals surface area contributed by atoms with Gasteiger partial charge < -0.3 is 10.2 Å². The monoisotopic (exact) mass is 238 g/mol. The number of aromatic amines is 1. The molecule has 2 atom stereocenters. The van der Waals surface area contributed by atoms with Crippen LogP contribution in [-0.4, -0.2) is 21.2 Å². The van der Waals surface area contributed by atoms with Crippen LogP contribution in [0.25, 0.3) is 0 Å². The molecule has 86 valence electrons. The van der Waals surface area contributed by atoms with Crippen LogP contribution in [0.15, 0.2) is 28.0 Å². The van der Waals surface area contributed by atoms with Crippen molar-refractivity contribution in [2.45, 2.75) is 30.3 Å². The molecule has 0 aromatic carbocycles. The number of thioether (sulfide) groups is 1. The summed E-state index contributed by atoms with van der Waals surface area (Å²) in [5.41, 5.74) is 5.94. The van der Waals surface area contributed by atoms with Crippen LogP contribution < -0.4 is 5.73 Å². The van der Waals surface area contributed by atoms with Gasteiger partial charge in [0.05, 0.1) is 11.5 Å². The summed E-state index contributed by atoms with van der Waals surface area (Å²) >= 11 is 1.50. The van der Waals surface area contributed by atoms with Crippen LogP contribution in [0.2, 0.25) is 0 Å². The minimum atomic E-state index is -0.0324. The first kappa shape index (κ1) is 11.2. The van der Waals surface area contributed by atoms with Gasteiger partial charge in [-0.05, 0) is 26.0 Å². The van der Waals surface area contributed by atoms with E-state index in [1.54, 1.807) is 6.26 Å². The highest BCUT2D eigenvalue weighted by molar-refractivity contribution is 7.99. The molecular weight excluding hydrogens is 224 g/mol. The number of nitrogens with one attached hydrogen (secondary N) is 1. The van der Waals surface area contributed by atoms with E-state index in [1.165, 1.54) is 11.8 Å². The topological polar surface area (TPSA) is 80.7 Å². The Kier molecular flexibility index (Phi) is 3.31. The first-order chi connectivity index (χ1) is 7.66. The molecule has 16 heavy (non-hydrogen) atoms. The molecule has 0 fully saturated rings. The van der Waals surface area contributed by atoms with Crippen LogP contribution in [0.3, 0.4) is 0 Å². The van der Waals surface area contributed by atoms with Crippen molar-refractivity contribution in [3.63, 3.8) is 0 Å². The van der Waals surface area contributed by atoms with Gasteiger partial charge in [-0.15, -0.1) is 5.10 Å². The molecule has 2 aromatic rings. The van der Waals surface area contributed by atoms with E-state index in [-0.39, 0.29) is 11.3 Å². The number of furan rings is 1. The SMILES string of the molecule is Cc1nc(SC(c2ccco2)C(C)N)n[nH]1. The summed E-state index contributed by atoms with van der Waals surface area (Å²) in [4.78, 5) is 4.24. The normalized spacial score (nSPS) is 14.9. The summed E-state index contributed by atoms with van der Waals surface area (Å²) in [5, 5.41) is 7.61. The second-order valence-electron chi connectivity index (χ2n) is 3.62. The Bertz CT molecular complexity index is 437. The highest BCUT2D eigenvalue weighted by Crippen LogP contribution is 2.35. The van der Waals surface area contributed by atoms with Crippen LogP contribution >= 0.6 is 11.8 Å². The largest absolute Gasteiger partial charge is 0.468 e. The van der Waals surface area contributed by atoms with Crippen molar-refractivity contribution in [1.29, 1.82) is 0 Å². The standard InChI is InChI=1S/C10H14N4OS/c1-6(11)9(8-4-3-5-15-8)16-10-12-7(2)13-14-10/h3-6,9H,11H2,1-2H3,(H,12,13,14). The Labute approximate surface area is 97.8 Å². The average molecular weight is 238 g/mol. The maximum atomic E-state index is 5.94. The molecule has 0 aliphatic rings. The summed E-state index contributed by atoms with van der Waals surface area (Å²) in [5.74, 6) is 1.65. The van der Waals surface area contributed by atoms with Crippen molar-refractivity contribution in [2.24, 2.45) is 5.73 Å². The predicted molar refractivity (Wildman–Crippen MR) is 62.1 cm³/mol. The number of aromatic nitrogens is 3. The van der Waals surface area contributed by atoms with Gasteiger partial charge in [0.25, 0.3) is 0 Å². The number of hydrogen-bond donors (Lipinski definition) is 2. The molecule has 6 heteroatoms. The zero-order chi connectivity index (χ0) is 11.5. The van der Waals surface area contributed by atoms with E-state index in [0.29, 0.717) is 5.16 Å². The second kappa shape index (κ2) is 4.71. The van der Waals surface area contributed by atoms with Crippen molar-refractivity contribution >= 4 is 11.8 Å². The van der Waals surface area contributed by atoms with E-state index in [0.717, 1.165) is 11.6 Å². The number of nitrogens with two attached hydrogens (primary N) is 1. The van der Waals surface area contributed by atoms with E-state index in [2.05, 4.69) is 15.2 Å². The van der Waals surface area contributed by atoms with E-state index < -0.39 is 0 Å². The molecule has 0 saturated carbocycles. The molecule has 2 unspecified atom stereocenters. The van der Waals surface area contributed by atoms with Gasteiger partial charge in [0.2, 0.25) is 5.16 Å². The fourth-order valence-corrected chi connectivity index (χ4v) is 2.35. The Hall–Kier alpha value is -1.27. The van der Waals surface area contributed by atoms with E-state index >= 15 is 0 Å². The lowest BCUT2D eigenvalue weighted by Crippen LogP contribution is -2.22. The van der Waals surface area contributed by atoms with E-state index in [1.807, 2.05) is 26.0 Å². The van der Waals surface area contributed by atoms with Gasteiger partial charge in [0.15, 0.2) is 0 Å². The highest BCUT2D eigenvalue weighted by Gasteiger charge is 2.22. The fourth-order valence-electron chi connectivity index (χ4n) is 1.37. The number of aryl methyl sites for hydroxylation is 1. The molecule has 0 radical (unpaired) electrons. The van der Waals surface area contributed by atoms with Crippen LogP contribution in [0.5, 0.6) is 0 Å². The Balaban J connectivity index is 2.15. The highest BCUT2D eigenvalue weighted by atomic mass is 32.2. The zero-order valence-corrected chi connectivity index (χ0v) is 9.99. The molecule has 2 aromatic heterocycles. The third kappa shape index (κ3) is 2.45. The summed E-state index contributed by atoms with van der Waals surface area (Å²) < 4.78 is 5.37. The lowest BCUT2D eigenvalue weighted by atomic mass is 10.2. The lowest BCUT2D eigenvalue weighted by molar-refractivity contribution is 0.486. The molecule has 3 N–H and O–H groups in total. The number of H-pyrrole nitrogens is 1. The molecule has 0 bridgehead atoms. The molecule has 2 rings (SSSR count). The van der Waals surface area contributed by atoms with Crippen molar-refractivity contribution < 1.29 is 4.42 Å². The predicted octanol–water partition coefficient (Wildman–Crippen LogP) is 1.89. The molecule has 0 saturated heterocycles. The minimum absolute atomic E-state index is 0.0324. The third-order valence-electron chi connectivity index (χ3n) is 2.11. The molecule has 0 aliphatic heterocycles. The Morgan fingerprint density at radius 1 is 1.56 bits per heavy atom. The Morgan fingerprint density at radius 2 is 2.38 bits per heavy atom. The summed E-state index contributed by atoms with van der Waals surface area (Å²) in [7, 11) is 0. The Morgan fingerprint density at radius 3 is 2.88 bits per heavy atom. The number of nitrogens with zero attached hydrogens (tertiary/aromatic N) is 2. The number of rotatable bonds is 4. The molecule has 0 amide bonds. The molecule has 5 nitrogen and oxygen atoms in total. The zero-order valence-electron chi connectivity index (χ0n) is 9.18. The van der Waals surface area contributed by atoms with Crippen molar-refractivity contribution in [2.75, 3.05) is 0 Å². The van der Waals surface area contributed by atoms with Crippen LogP contribution in [0.1, 0.15) is 23.8 Å². The van der Waals surface area contributed by atoms with E-state index in [4.69, 9.17) is 10.2 Å². The maximum absolute atomic E-state index is 5.94. The van der Waals surface area contributed by atoms with Gasteiger partial charge in [-0.3, -0.25) is 5.10 Å². The van der Waals surface area contributed by atoms with Crippen LogP contribution in [-0.2, 0) is 0 Å². The molecule has 2 heterocycles. The van der Waals surface area contributed by atoms with Crippen molar-refractivity contribution in [1.82, 2.24) is 15.2 Å². The number of hydrogen-bond acceptors (Lipinski definition) is 5. The fraction of sp³-hybridized carbons (Fsp3) is 0.400. The smallest absolute Gasteiger partial charge is 0.209 e. The van der Waals surface area contributed by atoms with Crippen molar-refractivity contribution in [3.05, 3.63) is 30.0 Å². The van der Waals surface area contributed by atoms with E-state index in [9.17, 15) is 0 Å². The first-order valence-electron chi connectivity index (χ1n) is 5.01. The molecular formula is C10H14N4OS. The van der Waals surface area contributed by atoms with Gasteiger partial charge in [0, 0.05) is 6.04 Å². The molecule has 0 aliphatic carbocycles.